The molecule has 0 aliphatic rings. The van der Waals surface area contributed by atoms with E-state index in [0.29, 0.717) is 28.3 Å². The number of carbonyl (C=O) groups is 1. The van der Waals surface area contributed by atoms with E-state index in [2.05, 4.69) is 15.3 Å². The number of halogens is 3. The van der Waals surface area contributed by atoms with Crippen molar-refractivity contribution in [3.63, 3.8) is 0 Å². The number of aryl methyl sites for hydroxylation is 2. The van der Waals surface area contributed by atoms with Crippen LogP contribution in [0.5, 0.6) is 0 Å². The molecule has 1 amide bonds. The maximum atomic E-state index is 13.4. The topological polar surface area (TPSA) is 59.8 Å². The zero-order chi connectivity index (χ0) is 25.2. The summed E-state index contributed by atoms with van der Waals surface area (Å²) in [6.07, 6.45) is -2.29. The summed E-state index contributed by atoms with van der Waals surface area (Å²) in [7, 11) is 0. The zero-order valence-electron chi connectivity index (χ0n) is 19.6. The van der Waals surface area contributed by atoms with Crippen LogP contribution in [0.4, 0.5) is 18.9 Å². The number of pyridine rings is 1. The first-order valence-electron chi connectivity index (χ1n) is 11.2. The van der Waals surface area contributed by atoms with Crippen molar-refractivity contribution in [1.82, 2.24) is 14.5 Å². The van der Waals surface area contributed by atoms with Gasteiger partial charge in [0.05, 0.1) is 5.56 Å². The third kappa shape index (κ3) is 5.35. The largest absolute Gasteiger partial charge is 0.416 e. The SMILES string of the molecule is CC[C@H](C(=O)Nc1c(C)cccc1C)n1c(SCc2cccc(C(F)(F)F)c2)nc2cccnc21. The molecule has 4 aromatic rings. The fourth-order valence-electron chi connectivity index (χ4n) is 3.98. The van der Waals surface area contributed by atoms with E-state index >= 15 is 0 Å². The standard InChI is InChI=1S/C26H25F3N4OS/c1-4-21(24(34)32-22-16(2)8-5-9-17(22)3)33-23-20(12-7-13-30-23)31-25(33)35-15-18-10-6-11-19(14-18)26(27,28)29/h5-14,21H,4,15H2,1-3H3,(H,32,34)/t21-/m1/s1. The van der Waals surface area contributed by atoms with Crippen LogP contribution in [-0.4, -0.2) is 20.4 Å². The normalized spacial score (nSPS) is 12.6. The Hall–Kier alpha value is -3.33. The number of fused-ring (bicyclic) bond motifs is 1. The molecule has 0 saturated heterocycles. The van der Waals surface area contributed by atoms with Gasteiger partial charge in [-0.25, -0.2) is 9.97 Å². The van der Waals surface area contributed by atoms with Gasteiger partial charge in [-0.05, 0) is 55.2 Å². The number of imidazole rings is 1. The van der Waals surface area contributed by atoms with Gasteiger partial charge in [0.1, 0.15) is 11.6 Å². The second kappa shape index (κ2) is 10.1. The van der Waals surface area contributed by atoms with Crippen molar-refractivity contribution >= 4 is 34.5 Å². The summed E-state index contributed by atoms with van der Waals surface area (Å²) in [6.45, 7) is 5.78. The molecule has 9 heteroatoms. The Bertz CT molecular complexity index is 1350. The average molecular weight is 499 g/mol. The van der Waals surface area contributed by atoms with Gasteiger partial charge in [0.2, 0.25) is 5.91 Å². The summed E-state index contributed by atoms with van der Waals surface area (Å²) in [5.41, 5.74) is 3.70. The maximum Gasteiger partial charge on any atom is 0.416 e. The van der Waals surface area contributed by atoms with E-state index in [4.69, 9.17) is 0 Å². The number of nitrogens with one attached hydrogen (secondary N) is 1. The van der Waals surface area contributed by atoms with Crippen LogP contribution in [0.15, 0.2) is 66.0 Å². The van der Waals surface area contributed by atoms with E-state index in [9.17, 15) is 18.0 Å². The Kier molecular flexibility index (Phi) is 7.16. The van der Waals surface area contributed by atoms with Crippen LogP contribution in [0.2, 0.25) is 0 Å². The van der Waals surface area contributed by atoms with Crippen LogP contribution < -0.4 is 5.32 Å². The van der Waals surface area contributed by atoms with Gasteiger partial charge in [-0.1, -0.05) is 55.1 Å². The van der Waals surface area contributed by atoms with Crippen molar-refractivity contribution in [2.45, 2.75) is 50.3 Å². The quantitative estimate of drug-likeness (QED) is 0.280. The van der Waals surface area contributed by atoms with Crippen molar-refractivity contribution < 1.29 is 18.0 Å². The second-order valence-electron chi connectivity index (χ2n) is 8.28. The molecule has 5 nitrogen and oxygen atoms in total. The lowest BCUT2D eigenvalue weighted by atomic mass is 10.1. The highest BCUT2D eigenvalue weighted by Gasteiger charge is 2.30. The van der Waals surface area contributed by atoms with E-state index in [1.807, 2.05) is 45.0 Å². The third-order valence-electron chi connectivity index (χ3n) is 5.77. The number of alkyl halides is 3. The van der Waals surface area contributed by atoms with Crippen LogP contribution in [0, 0.1) is 13.8 Å². The van der Waals surface area contributed by atoms with Crippen molar-refractivity contribution in [3.8, 4) is 0 Å². The Morgan fingerprint density at radius 3 is 2.49 bits per heavy atom. The highest BCUT2D eigenvalue weighted by atomic mass is 32.2. The first kappa shape index (κ1) is 24.8. The smallest absolute Gasteiger partial charge is 0.324 e. The highest BCUT2D eigenvalue weighted by Crippen LogP contribution is 2.34. The molecule has 0 aliphatic carbocycles. The Labute approximate surface area is 205 Å². The lowest BCUT2D eigenvalue weighted by Gasteiger charge is -2.21. The van der Waals surface area contributed by atoms with E-state index in [0.717, 1.165) is 28.9 Å². The maximum absolute atomic E-state index is 13.4. The third-order valence-corrected chi connectivity index (χ3v) is 6.79. The first-order valence-corrected chi connectivity index (χ1v) is 12.2. The number of anilines is 1. The molecule has 182 valence electrons. The second-order valence-corrected chi connectivity index (χ2v) is 9.22. The van der Waals surface area contributed by atoms with E-state index < -0.39 is 17.8 Å². The molecular formula is C26H25F3N4OS. The van der Waals surface area contributed by atoms with Gasteiger partial charge in [0.25, 0.3) is 0 Å². The molecule has 2 aromatic heterocycles. The molecule has 0 fully saturated rings. The number of amides is 1. The van der Waals surface area contributed by atoms with Gasteiger partial charge in [0, 0.05) is 17.6 Å². The molecule has 1 N–H and O–H groups in total. The first-order chi connectivity index (χ1) is 16.7. The van der Waals surface area contributed by atoms with E-state index in [1.54, 1.807) is 22.9 Å². The molecule has 0 bridgehead atoms. The molecule has 2 aromatic carbocycles. The molecule has 1 atom stereocenters. The number of nitrogens with zero attached hydrogens (tertiary/aromatic N) is 3. The van der Waals surface area contributed by atoms with E-state index in [1.165, 1.54) is 17.8 Å². The van der Waals surface area contributed by atoms with Crippen molar-refractivity contribution in [3.05, 3.63) is 83.0 Å². The predicted molar refractivity (Wildman–Crippen MR) is 132 cm³/mol. The van der Waals surface area contributed by atoms with Gasteiger partial charge >= 0.3 is 6.18 Å². The number of benzene rings is 2. The van der Waals surface area contributed by atoms with Crippen molar-refractivity contribution in [1.29, 1.82) is 0 Å². The molecule has 0 saturated carbocycles. The predicted octanol–water partition coefficient (Wildman–Crippen LogP) is 6.95. The van der Waals surface area contributed by atoms with Crippen LogP contribution in [-0.2, 0) is 16.7 Å². The number of aromatic nitrogens is 3. The zero-order valence-corrected chi connectivity index (χ0v) is 20.4. The van der Waals surface area contributed by atoms with Crippen LogP contribution in [0.25, 0.3) is 11.2 Å². The van der Waals surface area contributed by atoms with Crippen LogP contribution >= 0.6 is 11.8 Å². The van der Waals surface area contributed by atoms with Gasteiger partial charge < -0.3 is 5.32 Å². The fraction of sp³-hybridized carbons (Fsp3) is 0.269. The number of rotatable bonds is 7. The lowest BCUT2D eigenvalue weighted by Crippen LogP contribution is -2.27. The molecule has 0 aliphatic heterocycles. The summed E-state index contributed by atoms with van der Waals surface area (Å²) >= 11 is 1.28. The molecular weight excluding hydrogens is 473 g/mol. The number of thioether (sulfide) groups is 1. The van der Waals surface area contributed by atoms with Gasteiger partial charge in [-0.15, -0.1) is 0 Å². The lowest BCUT2D eigenvalue weighted by molar-refractivity contribution is -0.137. The highest BCUT2D eigenvalue weighted by molar-refractivity contribution is 7.98. The number of carbonyl (C=O) groups excluding carboxylic acids is 1. The molecule has 2 heterocycles. The fourth-order valence-corrected chi connectivity index (χ4v) is 4.97. The minimum absolute atomic E-state index is 0.198. The monoisotopic (exact) mass is 498 g/mol. The number of hydrogen-bond donors (Lipinski definition) is 1. The van der Waals surface area contributed by atoms with Crippen molar-refractivity contribution in [2.24, 2.45) is 0 Å². The Balaban J connectivity index is 1.67. The molecule has 0 spiro atoms. The minimum atomic E-state index is -4.41. The van der Waals surface area contributed by atoms with E-state index in [-0.39, 0.29) is 11.7 Å². The number of para-hydroxylation sites is 1. The molecule has 4 rings (SSSR count). The summed E-state index contributed by atoms with van der Waals surface area (Å²) in [4.78, 5) is 22.6. The van der Waals surface area contributed by atoms with Gasteiger partial charge in [0.15, 0.2) is 10.8 Å². The summed E-state index contributed by atoms with van der Waals surface area (Å²) in [5.74, 6) is 0.0677. The summed E-state index contributed by atoms with van der Waals surface area (Å²) in [5, 5.41) is 3.59. The summed E-state index contributed by atoms with van der Waals surface area (Å²) in [6, 6.07) is 14.0. The Morgan fingerprint density at radius 1 is 1.09 bits per heavy atom. The summed E-state index contributed by atoms with van der Waals surface area (Å²) < 4.78 is 41.2. The molecule has 0 unspecified atom stereocenters. The number of hydrogen-bond acceptors (Lipinski definition) is 4. The Morgan fingerprint density at radius 2 is 1.80 bits per heavy atom. The van der Waals surface area contributed by atoms with Crippen LogP contribution in [0.1, 0.15) is 41.6 Å². The molecule has 35 heavy (non-hydrogen) atoms. The van der Waals surface area contributed by atoms with Crippen molar-refractivity contribution in [2.75, 3.05) is 5.32 Å². The van der Waals surface area contributed by atoms with Crippen LogP contribution in [0.3, 0.4) is 0 Å². The molecule has 0 radical (unpaired) electrons. The average Bonchev–Trinajstić information content (AvgIpc) is 3.19. The minimum Gasteiger partial charge on any atom is -0.324 e. The van der Waals surface area contributed by atoms with Gasteiger partial charge in [-0.2, -0.15) is 13.2 Å². The van der Waals surface area contributed by atoms with Gasteiger partial charge in [-0.3, -0.25) is 9.36 Å².